The van der Waals surface area contributed by atoms with Gasteiger partial charge in [0.05, 0.1) is 18.8 Å². The van der Waals surface area contributed by atoms with Crippen molar-refractivity contribution >= 4 is 17.2 Å². The van der Waals surface area contributed by atoms with E-state index in [0.29, 0.717) is 33.1 Å². The number of Topliss-reactive ketones (excluding diaryl/α,β-unsaturated/α-hetero) is 1. The molecule has 5 heteroatoms. The fraction of sp³-hybridized carbons (Fsp3) is 0.222. The van der Waals surface area contributed by atoms with E-state index in [4.69, 9.17) is 9.47 Å². The molecule has 1 aliphatic heterocycles. The van der Waals surface area contributed by atoms with Gasteiger partial charge >= 0.3 is 0 Å². The zero-order valence-corrected chi connectivity index (χ0v) is 13.2. The Kier molecular flexibility index (Phi) is 3.78. The van der Waals surface area contributed by atoms with Gasteiger partial charge in [-0.05, 0) is 50.2 Å². The average Bonchev–Trinajstić information content (AvgIpc) is 2.79. The van der Waals surface area contributed by atoms with E-state index >= 15 is 0 Å². The largest absolute Gasteiger partial charge is 0.618 e. The third-order valence-corrected chi connectivity index (χ3v) is 3.58. The molecule has 2 aromatic rings. The zero-order chi connectivity index (χ0) is 16.6. The number of carbonyl (C=O) groups is 1. The van der Waals surface area contributed by atoms with Gasteiger partial charge in [-0.25, -0.2) is 0 Å². The summed E-state index contributed by atoms with van der Waals surface area (Å²) in [5.74, 6) is 0.949. The summed E-state index contributed by atoms with van der Waals surface area (Å²) in [6, 6.07) is 11.8. The molecule has 0 fully saturated rings. The summed E-state index contributed by atoms with van der Waals surface area (Å²) in [5.41, 5.74) is 1.38. The van der Waals surface area contributed by atoms with Gasteiger partial charge in [-0.2, -0.15) is 4.74 Å². The molecule has 0 saturated carbocycles. The van der Waals surface area contributed by atoms with E-state index in [9.17, 15) is 10.0 Å². The monoisotopic (exact) mass is 311 g/mol. The van der Waals surface area contributed by atoms with Crippen molar-refractivity contribution < 1.29 is 19.0 Å². The minimum atomic E-state index is -0.300. The van der Waals surface area contributed by atoms with Crippen molar-refractivity contribution in [2.75, 3.05) is 7.11 Å². The van der Waals surface area contributed by atoms with E-state index in [1.807, 2.05) is 13.8 Å². The van der Waals surface area contributed by atoms with Gasteiger partial charge in [-0.3, -0.25) is 4.79 Å². The number of ketones is 1. The van der Waals surface area contributed by atoms with Gasteiger partial charge in [0.25, 0.3) is 11.5 Å². The van der Waals surface area contributed by atoms with E-state index in [0.717, 1.165) is 0 Å². The molecule has 0 radical (unpaired) electrons. The minimum Gasteiger partial charge on any atom is -0.618 e. The highest BCUT2D eigenvalue weighted by molar-refractivity contribution is 6.52. The summed E-state index contributed by atoms with van der Waals surface area (Å²) in [4.78, 5) is 12.6. The van der Waals surface area contributed by atoms with Crippen molar-refractivity contribution in [3.63, 3.8) is 0 Å². The summed E-state index contributed by atoms with van der Waals surface area (Å²) in [7, 11) is 1.52. The quantitative estimate of drug-likeness (QED) is 0.642. The molecule has 0 aromatic heterocycles. The zero-order valence-electron chi connectivity index (χ0n) is 13.2. The van der Waals surface area contributed by atoms with E-state index in [2.05, 4.69) is 0 Å². The van der Waals surface area contributed by atoms with Crippen LogP contribution in [-0.2, 0) is 0 Å². The molecule has 0 saturated heterocycles. The maximum Gasteiger partial charge on any atom is 0.272 e. The Balaban J connectivity index is 1.97. The van der Waals surface area contributed by atoms with Gasteiger partial charge in [0.15, 0.2) is 0 Å². The van der Waals surface area contributed by atoms with E-state index < -0.39 is 0 Å². The van der Waals surface area contributed by atoms with Crippen LogP contribution in [0.25, 0.3) is 0 Å². The molecule has 0 unspecified atom stereocenters. The number of methoxy groups -OCH3 is 1. The Morgan fingerprint density at radius 2 is 1.70 bits per heavy atom. The number of ether oxygens (including phenoxy) is 2. The van der Waals surface area contributed by atoms with Gasteiger partial charge in [-0.15, -0.1) is 0 Å². The molecule has 1 aliphatic rings. The highest BCUT2D eigenvalue weighted by Gasteiger charge is 2.36. The summed E-state index contributed by atoms with van der Waals surface area (Å²) in [6.45, 7) is 3.87. The molecule has 0 spiro atoms. The maximum atomic E-state index is 12.6. The van der Waals surface area contributed by atoms with Crippen molar-refractivity contribution in [3.8, 4) is 11.5 Å². The van der Waals surface area contributed by atoms with Crippen LogP contribution in [0.2, 0.25) is 0 Å². The normalized spacial score (nSPS) is 13.5. The molecule has 1 heterocycles. The summed E-state index contributed by atoms with van der Waals surface area (Å²) < 4.78 is 11.4. The highest BCUT2D eigenvalue weighted by atomic mass is 16.5. The Morgan fingerprint density at radius 1 is 1.04 bits per heavy atom. The highest BCUT2D eigenvalue weighted by Crippen LogP contribution is 2.31. The maximum absolute atomic E-state index is 12.6. The second kappa shape index (κ2) is 5.76. The first-order chi connectivity index (χ1) is 11.0. The van der Waals surface area contributed by atoms with Gasteiger partial charge < -0.3 is 14.7 Å². The van der Waals surface area contributed by atoms with Crippen LogP contribution in [0.4, 0.5) is 5.69 Å². The smallest absolute Gasteiger partial charge is 0.272 e. The minimum absolute atomic E-state index is 0.0642. The standard InChI is InChI=1S/C18H17NO4/c1-11(2)23-13-6-4-12(5-7-13)17-18(20)15-10-14(22-3)8-9-16(15)19(17)21/h4-11H,1-3H3. The van der Waals surface area contributed by atoms with Crippen LogP contribution in [0.1, 0.15) is 29.8 Å². The fourth-order valence-electron chi connectivity index (χ4n) is 2.55. The van der Waals surface area contributed by atoms with E-state index in [1.54, 1.807) is 42.5 Å². The summed E-state index contributed by atoms with van der Waals surface area (Å²) in [6.07, 6.45) is 0.0642. The number of hydrogen-bond donors (Lipinski definition) is 0. The number of fused-ring (bicyclic) bond motifs is 1. The second-order valence-electron chi connectivity index (χ2n) is 5.55. The molecule has 23 heavy (non-hydrogen) atoms. The molecule has 5 nitrogen and oxygen atoms in total. The number of nitrogens with zero attached hydrogens (tertiary/aromatic N) is 1. The molecular weight excluding hydrogens is 294 g/mol. The van der Waals surface area contributed by atoms with Gasteiger partial charge in [0.2, 0.25) is 5.69 Å². The lowest BCUT2D eigenvalue weighted by atomic mass is 10.0. The van der Waals surface area contributed by atoms with Crippen LogP contribution in [-0.4, -0.2) is 29.4 Å². The van der Waals surface area contributed by atoms with Crippen molar-refractivity contribution in [1.29, 1.82) is 0 Å². The van der Waals surface area contributed by atoms with Crippen molar-refractivity contribution in [2.24, 2.45) is 0 Å². The van der Waals surface area contributed by atoms with Gasteiger partial charge in [0, 0.05) is 6.07 Å². The van der Waals surface area contributed by atoms with Crippen molar-refractivity contribution in [3.05, 3.63) is 58.8 Å². The van der Waals surface area contributed by atoms with Crippen LogP contribution in [0.3, 0.4) is 0 Å². The molecule has 0 N–H and O–H groups in total. The van der Waals surface area contributed by atoms with E-state index in [1.165, 1.54) is 7.11 Å². The molecule has 3 rings (SSSR count). The number of benzene rings is 2. The first kappa shape index (κ1) is 15.1. The molecule has 0 atom stereocenters. The van der Waals surface area contributed by atoms with Crippen LogP contribution < -0.4 is 9.47 Å². The third-order valence-electron chi connectivity index (χ3n) is 3.58. The number of hydrogen-bond acceptors (Lipinski definition) is 4. The second-order valence-corrected chi connectivity index (χ2v) is 5.55. The first-order valence-electron chi connectivity index (χ1n) is 7.35. The SMILES string of the molecule is COc1ccc2c(c1)C(=O)C(c1ccc(OC(C)C)cc1)=[N+]2[O-]. The fourth-order valence-corrected chi connectivity index (χ4v) is 2.55. The lowest BCUT2D eigenvalue weighted by Gasteiger charge is -2.09. The van der Waals surface area contributed by atoms with Crippen molar-refractivity contribution in [2.45, 2.75) is 20.0 Å². The van der Waals surface area contributed by atoms with E-state index in [-0.39, 0.29) is 17.6 Å². The molecule has 118 valence electrons. The molecular formula is C18H17NO4. The van der Waals surface area contributed by atoms with Crippen LogP contribution >= 0.6 is 0 Å². The molecule has 2 aromatic carbocycles. The Labute approximate surface area is 134 Å². The van der Waals surface area contributed by atoms with Crippen LogP contribution in [0.15, 0.2) is 42.5 Å². The molecule has 0 amide bonds. The van der Waals surface area contributed by atoms with Crippen molar-refractivity contribution in [1.82, 2.24) is 0 Å². The summed E-state index contributed by atoms with van der Waals surface area (Å²) in [5, 5.41) is 12.5. The average molecular weight is 311 g/mol. The van der Waals surface area contributed by atoms with Crippen LogP contribution in [0.5, 0.6) is 11.5 Å². The Morgan fingerprint density at radius 3 is 2.30 bits per heavy atom. The first-order valence-corrected chi connectivity index (χ1v) is 7.35. The third kappa shape index (κ3) is 2.65. The lowest BCUT2D eigenvalue weighted by molar-refractivity contribution is -0.355. The Bertz CT molecular complexity index is 791. The molecule has 0 bridgehead atoms. The predicted molar refractivity (Wildman–Crippen MR) is 86.9 cm³/mol. The number of rotatable bonds is 4. The summed E-state index contributed by atoms with van der Waals surface area (Å²) >= 11 is 0. The predicted octanol–water partition coefficient (Wildman–Crippen LogP) is 3.31. The van der Waals surface area contributed by atoms with Gasteiger partial charge in [-0.1, -0.05) is 0 Å². The van der Waals surface area contributed by atoms with Gasteiger partial charge in [0.1, 0.15) is 17.1 Å². The topological polar surface area (TPSA) is 61.6 Å². The lowest BCUT2D eigenvalue weighted by Crippen LogP contribution is -2.16. The Hall–Kier alpha value is -2.82. The number of carbonyl (C=O) groups excluding carboxylic acids is 1. The van der Waals surface area contributed by atoms with Crippen LogP contribution in [0, 0.1) is 5.21 Å². The molecule has 0 aliphatic carbocycles.